The fraction of sp³-hybridized carbons (Fsp3) is 0.952. The van der Waals surface area contributed by atoms with Crippen molar-refractivity contribution < 1.29 is 80.2 Å². The maximum atomic E-state index is 13.1. The first-order valence-electron chi connectivity index (χ1n) is 42.7. The Morgan fingerprint density at radius 3 is 0.608 bits per heavy atom. The average Bonchev–Trinajstić information content (AvgIpc) is 0.911. The molecule has 0 aromatic rings. The molecule has 102 heavy (non-hydrogen) atoms. The Morgan fingerprint density at radius 2 is 0.412 bits per heavy atom. The lowest BCUT2D eigenvalue weighted by molar-refractivity contribution is -0.161. The van der Waals surface area contributed by atoms with E-state index in [-0.39, 0.29) is 25.7 Å². The summed E-state index contributed by atoms with van der Waals surface area (Å²) in [5, 5.41) is 10.6. The van der Waals surface area contributed by atoms with Gasteiger partial charge < -0.3 is 33.8 Å². The molecule has 0 aliphatic rings. The maximum absolute atomic E-state index is 13.1. The monoisotopic (exact) mass is 1490 g/mol. The molecule has 606 valence electrons. The highest BCUT2D eigenvalue weighted by atomic mass is 31.2. The van der Waals surface area contributed by atoms with Crippen LogP contribution >= 0.6 is 15.6 Å². The van der Waals surface area contributed by atoms with Gasteiger partial charge in [0.2, 0.25) is 0 Å². The molecule has 5 atom stereocenters. The van der Waals surface area contributed by atoms with Crippen LogP contribution in [-0.2, 0) is 65.4 Å². The Labute approximate surface area is 626 Å². The minimum atomic E-state index is -4.96. The first-order chi connectivity index (χ1) is 49.1. The van der Waals surface area contributed by atoms with E-state index in [0.717, 1.165) is 114 Å². The van der Waals surface area contributed by atoms with Crippen molar-refractivity contribution in [3.8, 4) is 0 Å². The maximum Gasteiger partial charge on any atom is 0.472 e. The molecule has 0 aromatic heterocycles. The third-order valence-corrected chi connectivity index (χ3v) is 21.2. The van der Waals surface area contributed by atoms with Crippen LogP contribution in [0.4, 0.5) is 0 Å². The van der Waals surface area contributed by atoms with Crippen LogP contribution in [0.5, 0.6) is 0 Å². The Bertz CT molecular complexity index is 1990. The van der Waals surface area contributed by atoms with Gasteiger partial charge in [0.15, 0.2) is 12.2 Å². The zero-order valence-corrected chi connectivity index (χ0v) is 69.0. The van der Waals surface area contributed by atoms with Gasteiger partial charge in [0, 0.05) is 25.7 Å². The molecule has 17 nitrogen and oxygen atoms in total. The molecule has 19 heteroatoms. The molecule has 0 saturated heterocycles. The van der Waals surface area contributed by atoms with Crippen molar-refractivity contribution in [2.75, 3.05) is 39.6 Å². The number of carbonyl (C=O) groups is 4. The van der Waals surface area contributed by atoms with E-state index < -0.39 is 97.5 Å². The van der Waals surface area contributed by atoms with Crippen LogP contribution in [-0.4, -0.2) is 96.7 Å². The Morgan fingerprint density at radius 1 is 0.245 bits per heavy atom. The van der Waals surface area contributed by atoms with Crippen molar-refractivity contribution in [2.24, 2.45) is 23.7 Å². The fourth-order valence-corrected chi connectivity index (χ4v) is 14.4. The van der Waals surface area contributed by atoms with Crippen molar-refractivity contribution in [2.45, 2.75) is 446 Å². The molecular weight excluding hydrogens is 1330 g/mol. The van der Waals surface area contributed by atoms with Gasteiger partial charge in [-0.15, -0.1) is 0 Å². The number of phosphoric ester groups is 2. The molecule has 0 fully saturated rings. The van der Waals surface area contributed by atoms with E-state index in [1.807, 2.05) is 0 Å². The second kappa shape index (κ2) is 72.0. The molecule has 0 aromatic carbocycles. The third kappa shape index (κ3) is 76.3. The summed E-state index contributed by atoms with van der Waals surface area (Å²) in [4.78, 5) is 73.0. The van der Waals surface area contributed by atoms with Crippen LogP contribution in [0.3, 0.4) is 0 Å². The predicted octanol–water partition coefficient (Wildman–Crippen LogP) is 24.8. The Kier molecular flexibility index (Phi) is 70.6. The summed E-state index contributed by atoms with van der Waals surface area (Å²) in [5.74, 6) is 0.960. The number of unbranched alkanes of at least 4 members (excludes halogenated alkanes) is 46. The summed E-state index contributed by atoms with van der Waals surface area (Å²) in [5.41, 5.74) is 0. The molecule has 0 radical (unpaired) electrons. The van der Waals surface area contributed by atoms with Crippen molar-refractivity contribution in [3.63, 3.8) is 0 Å². The van der Waals surface area contributed by atoms with Gasteiger partial charge in [-0.2, -0.15) is 0 Å². The zero-order chi connectivity index (χ0) is 75.3. The summed E-state index contributed by atoms with van der Waals surface area (Å²) in [6.07, 6.45) is 59.9. The Hall–Kier alpha value is -1.94. The smallest absolute Gasteiger partial charge is 0.462 e. The standard InChI is InChI=1S/C83H162O17P2/c1-73(2)59-51-43-35-28-23-19-15-11-9-10-12-18-22-26-32-40-49-57-65-82(87)99-79(70-94-81(86)64-56-48-42-34-38-46-54-62-76(7)8)72-98-102(91,92)96-68-77(84)67-95-101(89,90)97-71-78(100-83(88)66-58-50-41-33-27-30-37-45-53-61-75(5)6)69-93-80(85)63-55-47-39-31-25-21-17-14-13-16-20-24-29-36-44-52-60-74(3)4/h73-79,84H,9-72H2,1-8H3,(H,89,90)(H,91,92)/t77?,78-,79-/m1/s1. The fourth-order valence-electron chi connectivity index (χ4n) is 12.8. The molecule has 0 amide bonds. The highest BCUT2D eigenvalue weighted by Gasteiger charge is 2.30. The number of ether oxygens (including phenoxy) is 4. The summed E-state index contributed by atoms with van der Waals surface area (Å²) in [6.45, 7) is 14.2. The number of esters is 4. The van der Waals surface area contributed by atoms with Crippen LogP contribution in [0.15, 0.2) is 0 Å². The van der Waals surface area contributed by atoms with Crippen molar-refractivity contribution in [1.29, 1.82) is 0 Å². The molecular formula is C83H162O17P2. The lowest BCUT2D eigenvalue weighted by atomic mass is 10.0. The minimum absolute atomic E-state index is 0.105. The van der Waals surface area contributed by atoms with E-state index in [4.69, 9.17) is 37.0 Å². The molecule has 3 unspecified atom stereocenters. The van der Waals surface area contributed by atoms with E-state index in [9.17, 15) is 43.2 Å². The lowest BCUT2D eigenvalue weighted by Crippen LogP contribution is -2.30. The first-order valence-corrected chi connectivity index (χ1v) is 45.7. The average molecular weight is 1490 g/mol. The van der Waals surface area contributed by atoms with Crippen LogP contribution in [0.25, 0.3) is 0 Å². The second-order valence-electron chi connectivity index (χ2n) is 31.8. The van der Waals surface area contributed by atoms with Gasteiger partial charge in [-0.05, 0) is 49.4 Å². The van der Waals surface area contributed by atoms with Gasteiger partial charge in [0.05, 0.1) is 26.4 Å². The predicted molar refractivity (Wildman–Crippen MR) is 418 cm³/mol. The van der Waals surface area contributed by atoms with Crippen molar-refractivity contribution in [1.82, 2.24) is 0 Å². The number of aliphatic hydroxyl groups excluding tert-OH is 1. The Balaban J connectivity index is 5.17. The van der Waals surface area contributed by atoms with E-state index in [2.05, 4.69) is 55.4 Å². The second-order valence-corrected chi connectivity index (χ2v) is 34.7. The van der Waals surface area contributed by atoms with Crippen LogP contribution < -0.4 is 0 Å². The summed E-state index contributed by atoms with van der Waals surface area (Å²) < 4.78 is 68.7. The van der Waals surface area contributed by atoms with Crippen molar-refractivity contribution >= 4 is 39.5 Å². The van der Waals surface area contributed by atoms with Crippen LogP contribution in [0, 0.1) is 23.7 Å². The van der Waals surface area contributed by atoms with E-state index in [1.165, 1.54) is 225 Å². The minimum Gasteiger partial charge on any atom is -0.462 e. The van der Waals surface area contributed by atoms with Crippen LogP contribution in [0.2, 0.25) is 0 Å². The first kappa shape index (κ1) is 100. The molecule has 0 heterocycles. The van der Waals surface area contributed by atoms with Gasteiger partial charge in [-0.3, -0.25) is 37.3 Å². The zero-order valence-electron chi connectivity index (χ0n) is 67.2. The third-order valence-electron chi connectivity index (χ3n) is 19.3. The van der Waals surface area contributed by atoms with Gasteiger partial charge >= 0.3 is 39.5 Å². The van der Waals surface area contributed by atoms with Gasteiger partial charge in [0.25, 0.3) is 0 Å². The highest BCUT2D eigenvalue weighted by Crippen LogP contribution is 2.45. The topological polar surface area (TPSA) is 237 Å². The molecule has 0 aliphatic carbocycles. The van der Waals surface area contributed by atoms with Gasteiger partial charge in [-0.1, -0.05) is 376 Å². The van der Waals surface area contributed by atoms with E-state index in [0.29, 0.717) is 31.6 Å². The summed E-state index contributed by atoms with van der Waals surface area (Å²) in [6, 6.07) is 0. The molecule has 0 aliphatic heterocycles. The molecule has 0 rings (SSSR count). The highest BCUT2D eigenvalue weighted by molar-refractivity contribution is 7.47. The van der Waals surface area contributed by atoms with E-state index >= 15 is 0 Å². The van der Waals surface area contributed by atoms with E-state index in [1.54, 1.807) is 0 Å². The van der Waals surface area contributed by atoms with Gasteiger partial charge in [-0.25, -0.2) is 9.13 Å². The van der Waals surface area contributed by atoms with Crippen LogP contribution in [0.1, 0.15) is 428 Å². The number of aliphatic hydroxyl groups is 1. The summed E-state index contributed by atoms with van der Waals surface area (Å²) >= 11 is 0. The SMILES string of the molecule is CC(C)CCCCCCCCCCCCCCCCCCCCC(=O)O[C@H](COC(=O)CCCCCCCCCC(C)C)COP(=O)(O)OCC(O)COP(=O)(O)OC[C@@H](COC(=O)CCCCCCCCCCCCCCCCCCC(C)C)OC(=O)CCCCCCCCCCCC(C)C. The lowest BCUT2D eigenvalue weighted by Gasteiger charge is -2.21. The number of phosphoric acid groups is 2. The molecule has 3 N–H and O–H groups in total. The number of rotatable bonds is 80. The summed E-state index contributed by atoms with van der Waals surface area (Å²) in [7, 11) is -9.92. The van der Waals surface area contributed by atoms with Gasteiger partial charge in [0.1, 0.15) is 19.3 Å². The number of carbonyl (C=O) groups excluding carboxylic acids is 4. The molecule has 0 saturated carbocycles. The quantitative estimate of drug-likeness (QED) is 0.0222. The normalized spacial score (nSPS) is 14.0. The molecule has 0 bridgehead atoms. The molecule has 0 spiro atoms. The number of hydrogen-bond donors (Lipinski definition) is 3. The largest absolute Gasteiger partial charge is 0.472 e. The number of hydrogen-bond acceptors (Lipinski definition) is 15. The van der Waals surface area contributed by atoms with Crippen molar-refractivity contribution in [3.05, 3.63) is 0 Å².